The van der Waals surface area contributed by atoms with Crippen molar-refractivity contribution in [3.05, 3.63) is 35.9 Å². The van der Waals surface area contributed by atoms with E-state index >= 15 is 0 Å². The summed E-state index contributed by atoms with van der Waals surface area (Å²) in [6, 6.07) is 9.53. The summed E-state index contributed by atoms with van der Waals surface area (Å²) in [5, 5.41) is 0. The second-order valence-corrected chi connectivity index (χ2v) is 14.3. The molecule has 1 spiro atoms. The highest BCUT2D eigenvalue weighted by Gasteiger charge is 2.69. The van der Waals surface area contributed by atoms with Gasteiger partial charge in [0, 0.05) is 24.7 Å². The molecule has 214 valence electrons. The van der Waals surface area contributed by atoms with E-state index in [-0.39, 0.29) is 22.9 Å². The van der Waals surface area contributed by atoms with Gasteiger partial charge in [-0.05, 0) is 85.7 Å². The number of fused-ring (bicyclic) bond motifs is 5. The molecule has 4 aliphatic carbocycles. The molecule has 0 aromatic heterocycles. The van der Waals surface area contributed by atoms with Crippen molar-refractivity contribution in [1.29, 1.82) is 0 Å². The predicted octanol–water partition coefficient (Wildman–Crippen LogP) is 6.23. The topological polar surface area (TPSA) is 63.2 Å². The maximum absolute atomic E-state index is 13.5. The minimum Gasteiger partial charge on any atom is -0.458 e. The van der Waals surface area contributed by atoms with Crippen LogP contribution in [0.25, 0.3) is 0 Å². The maximum Gasteiger partial charge on any atom is 0.338 e. The summed E-state index contributed by atoms with van der Waals surface area (Å²) in [6.45, 7) is 12.4. The third-order valence-electron chi connectivity index (χ3n) is 12.5. The van der Waals surface area contributed by atoms with Crippen molar-refractivity contribution >= 4 is 5.97 Å². The Kier molecular flexibility index (Phi) is 6.28. The Morgan fingerprint density at radius 1 is 0.872 bits per heavy atom. The summed E-state index contributed by atoms with van der Waals surface area (Å²) in [7, 11) is 0. The summed E-state index contributed by atoms with van der Waals surface area (Å²) < 4.78 is 31.6. The molecule has 0 amide bonds. The lowest BCUT2D eigenvalue weighted by molar-refractivity contribution is -0.259. The van der Waals surface area contributed by atoms with Crippen LogP contribution in [0.3, 0.4) is 0 Å². The molecule has 1 aromatic carbocycles. The third kappa shape index (κ3) is 3.99. The quantitative estimate of drug-likeness (QED) is 0.425. The first-order chi connectivity index (χ1) is 18.7. The van der Waals surface area contributed by atoms with Gasteiger partial charge < -0.3 is 23.7 Å². The smallest absolute Gasteiger partial charge is 0.338 e. The summed E-state index contributed by atoms with van der Waals surface area (Å²) in [4.78, 5) is 13.5. The molecule has 7 rings (SSSR count). The lowest BCUT2D eigenvalue weighted by Gasteiger charge is -2.65. The van der Waals surface area contributed by atoms with Gasteiger partial charge in [0.05, 0.1) is 32.0 Å². The van der Waals surface area contributed by atoms with E-state index in [1.54, 1.807) is 0 Å². The Labute approximate surface area is 233 Å². The molecule has 6 aliphatic rings. The van der Waals surface area contributed by atoms with Crippen molar-refractivity contribution in [3.8, 4) is 0 Å². The molecule has 6 nitrogen and oxygen atoms in total. The van der Waals surface area contributed by atoms with E-state index in [2.05, 4.69) is 27.7 Å². The van der Waals surface area contributed by atoms with Gasteiger partial charge in [0.2, 0.25) is 0 Å². The molecule has 2 aliphatic heterocycles. The van der Waals surface area contributed by atoms with E-state index in [0.717, 1.165) is 38.5 Å². The summed E-state index contributed by atoms with van der Waals surface area (Å²) >= 11 is 0. The predicted molar refractivity (Wildman–Crippen MR) is 146 cm³/mol. The fraction of sp³-hybridized carbons (Fsp3) is 0.788. The third-order valence-corrected chi connectivity index (χ3v) is 12.5. The van der Waals surface area contributed by atoms with Crippen LogP contribution in [0.1, 0.15) is 83.0 Å². The van der Waals surface area contributed by atoms with Crippen LogP contribution in [-0.4, -0.2) is 50.1 Å². The first kappa shape index (κ1) is 26.4. The van der Waals surface area contributed by atoms with Gasteiger partial charge in [-0.25, -0.2) is 4.79 Å². The fourth-order valence-electron chi connectivity index (χ4n) is 11.1. The molecule has 6 fully saturated rings. The molecular formula is C33H46O6. The van der Waals surface area contributed by atoms with Crippen LogP contribution in [0.2, 0.25) is 0 Å². The Balaban J connectivity index is 1.26. The van der Waals surface area contributed by atoms with Crippen LogP contribution in [-0.2, 0) is 23.7 Å². The van der Waals surface area contributed by atoms with Crippen molar-refractivity contribution < 1.29 is 28.5 Å². The molecule has 0 N–H and O–H groups in total. The molecule has 4 saturated carbocycles. The molecule has 9 atom stereocenters. The number of esters is 1. The van der Waals surface area contributed by atoms with Gasteiger partial charge in [-0.15, -0.1) is 0 Å². The minimum absolute atomic E-state index is 0.0911. The lowest BCUT2D eigenvalue weighted by Crippen LogP contribution is -2.63. The number of hydrogen-bond acceptors (Lipinski definition) is 6. The molecule has 6 unspecified atom stereocenters. The highest BCUT2D eigenvalue weighted by molar-refractivity contribution is 5.89. The first-order valence-electron chi connectivity index (χ1n) is 15.5. The zero-order valence-electron chi connectivity index (χ0n) is 24.2. The first-order valence-corrected chi connectivity index (χ1v) is 15.5. The monoisotopic (exact) mass is 538 g/mol. The highest BCUT2D eigenvalue weighted by atomic mass is 16.7. The lowest BCUT2D eigenvalue weighted by atomic mass is 9.41. The van der Waals surface area contributed by atoms with Gasteiger partial charge in [0.1, 0.15) is 6.10 Å². The average molecular weight is 539 g/mol. The van der Waals surface area contributed by atoms with E-state index in [0.29, 0.717) is 67.5 Å². The van der Waals surface area contributed by atoms with Crippen molar-refractivity contribution in [3.63, 3.8) is 0 Å². The molecule has 2 saturated heterocycles. The van der Waals surface area contributed by atoms with Gasteiger partial charge in [0.25, 0.3) is 0 Å². The molecule has 0 radical (unpaired) electrons. The van der Waals surface area contributed by atoms with Crippen molar-refractivity contribution in [2.45, 2.75) is 90.3 Å². The van der Waals surface area contributed by atoms with E-state index in [9.17, 15) is 4.79 Å². The maximum atomic E-state index is 13.5. The Bertz CT molecular complexity index is 1080. The summed E-state index contributed by atoms with van der Waals surface area (Å²) in [5.41, 5.74) is 0.916. The number of rotatable bonds is 3. The highest BCUT2D eigenvalue weighted by Crippen LogP contribution is 2.71. The Morgan fingerprint density at radius 2 is 1.56 bits per heavy atom. The standard InChI is InChI=1S/C33H46O6/c1-21-19-31(3)24(10-11-26(31)32(4)35-14-15-36-32)27-25(39-29(34)22-8-6-5-7-9-22)18-23-20-33(37-16-17-38-33)13-12-30(23,2)28(21)27/h5-9,21,23-28H,10-20H2,1-4H3/t21?,23-,24?,25?,26?,27?,28?,30+,31+/m1/s1. The van der Waals surface area contributed by atoms with Crippen molar-refractivity contribution in [2.24, 2.45) is 46.3 Å². The van der Waals surface area contributed by atoms with Crippen molar-refractivity contribution in [2.75, 3.05) is 26.4 Å². The summed E-state index contributed by atoms with van der Waals surface area (Å²) in [6.07, 6.45) is 7.19. The molecule has 39 heavy (non-hydrogen) atoms. The zero-order valence-corrected chi connectivity index (χ0v) is 24.2. The van der Waals surface area contributed by atoms with Gasteiger partial charge in [0.15, 0.2) is 11.6 Å². The average Bonchev–Trinajstić information content (AvgIpc) is 3.64. The number of ether oxygens (including phenoxy) is 5. The van der Waals surface area contributed by atoms with E-state index in [1.165, 1.54) is 6.42 Å². The normalized spacial score (nSPS) is 45.9. The van der Waals surface area contributed by atoms with Crippen LogP contribution in [0.4, 0.5) is 0 Å². The fourth-order valence-corrected chi connectivity index (χ4v) is 11.1. The van der Waals surface area contributed by atoms with Crippen molar-refractivity contribution in [1.82, 2.24) is 0 Å². The number of benzene rings is 1. The molecule has 1 aromatic rings. The van der Waals surface area contributed by atoms with Crippen LogP contribution < -0.4 is 0 Å². The van der Waals surface area contributed by atoms with E-state index < -0.39 is 11.6 Å². The van der Waals surface area contributed by atoms with Gasteiger partial charge >= 0.3 is 5.97 Å². The zero-order chi connectivity index (χ0) is 27.0. The summed E-state index contributed by atoms with van der Waals surface area (Å²) in [5.74, 6) is 1.45. The Morgan fingerprint density at radius 3 is 2.28 bits per heavy atom. The van der Waals surface area contributed by atoms with Crippen LogP contribution >= 0.6 is 0 Å². The molecule has 2 heterocycles. The van der Waals surface area contributed by atoms with Crippen LogP contribution in [0.5, 0.6) is 0 Å². The second-order valence-electron chi connectivity index (χ2n) is 14.3. The van der Waals surface area contributed by atoms with E-state index in [4.69, 9.17) is 23.7 Å². The minimum atomic E-state index is -0.512. The van der Waals surface area contributed by atoms with E-state index in [1.807, 2.05) is 30.3 Å². The number of carbonyl (C=O) groups excluding carboxylic acids is 1. The van der Waals surface area contributed by atoms with Crippen LogP contribution in [0, 0.1) is 46.3 Å². The molecule has 0 bridgehead atoms. The van der Waals surface area contributed by atoms with Gasteiger partial charge in [-0.3, -0.25) is 0 Å². The largest absolute Gasteiger partial charge is 0.458 e. The molecular weight excluding hydrogens is 492 g/mol. The number of carbonyl (C=O) groups is 1. The SMILES string of the molecule is CC1C[C@@]2(C)C(CCC2C2(C)OCCO2)C2C(OC(=O)c3ccccc3)C[C@@H]3CC4(CC[C@]3(C)C12)OCCO4. The van der Waals surface area contributed by atoms with Gasteiger partial charge in [-0.1, -0.05) is 39.0 Å². The van der Waals surface area contributed by atoms with Gasteiger partial charge in [-0.2, -0.15) is 0 Å². The molecule has 6 heteroatoms. The second kappa shape index (κ2) is 9.27. The Hall–Kier alpha value is -1.47. The van der Waals surface area contributed by atoms with Crippen LogP contribution in [0.15, 0.2) is 30.3 Å². The number of hydrogen-bond donors (Lipinski definition) is 0.